The smallest absolute Gasteiger partial charge is 0.138 e. The van der Waals surface area contributed by atoms with Crippen LogP contribution in [0.25, 0.3) is 0 Å². The van der Waals surface area contributed by atoms with E-state index < -0.39 is 0 Å². The van der Waals surface area contributed by atoms with Crippen molar-refractivity contribution in [2.75, 3.05) is 0 Å². The standard InChI is InChI=1S/C12H20N4/c1-2-16-12(14-7-15-16)6-11(13)10-4-8-3-9(8)5-10/h7-11H,2-6,13H2,1H3. The van der Waals surface area contributed by atoms with E-state index in [4.69, 9.17) is 5.73 Å². The first-order valence-corrected chi connectivity index (χ1v) is 6.40. The third-order valence-electron chi connectivity index (χ3n) is 4.30. The first-order chi connectivity index (χ1) is 7.78. The van der Waals surface area contributed by atoms with Gasteiger partial charge in [0, 0.05) is 19.0 Å². The van der Waals surface area contributed by atoms with E-state index in [1.807, 2.05) is 4.68 Å². The van der Waals surface area contributed by atoms with E-state index in [-0.39, 0.29) is 6.04 Å². The molecule has 3 unspecified atom stereocenters. The Hall–Kier alpha value is -0.900. The number of aryl methyl sites for hydroxylation is 1. The molecule has 88 valence electrons. The Morgan fingerprint density at radius 1 is 1.44 bits per heavy atom. The lowest BCUT2D eigenvalue weighted by Crippen LogP contribution is -2.32. The van der Waals surface area contributed by atoms with Crippen molar-refractivity contribution in [2.24, 2.45) is 23.5 Å². The Balaban J connectivity index is 1.61. The molecular weight excluding hydrogens is 200 g/mol. The van der Waals surface area contributed by atoms with Gasteiger partial charge in [-0.05, 0) is 43.9 Å². The van der Waals surface area contributed by atoms with Crippen molar-refractivity contribution >= 4 is 0 Å². The molecule has 1 heterocycles. The van der Waals surface area contributed by atoms with Crippen LogP contribution < -0.4 is 5.73 Å². The van der Waals surface area contributed by atoms with Gasteiger partial charge in [0.05, 0.1) is 0 Å². The molecule has 2 N–H and O–H groups in total. The van der Waals surface area contributed by atoms with Gasteiger partial charge < -0.3 is 5.73 Å². The van der Waals surface area contributed by atoms with Crippen molar-refractivity contribution in [3.63, 3.8) is 0 Å². The summed E-state index contributed by atoms with van der Waals surface area (Å²) < 4.78 is 1.95. The van der Waals surface area contributed by atoms with Gasteiger partial charge in [-0.3, -0.25) is 4.68 Å². The van der Waals surface area contributed by atoms with Crippen LogP contribution in [0, 0.1) is 17.8 Å². The van der Waals surface area contributed by atoms with E-state index >= 15 is 0 Å². The molecule has 16 heavy (non-hydrogen) atoms. The Bertz CT molecular complexity index is 363. The Morgan fingerprint density at radius 2 is 2.19 bits per heavy atom. The van der Waals surface area contributed by atoms with Crippen LogP contribution in [0.4, 0.5) is 0 Å². The number of nitrogens with two attached hydrogens (primary N) is 1. The topological polar surface area (TPSA) is 56.7 Å². The second kappa shape index (κ2) is 3.84. The van der Waals surface area contributed by atoms with Gasteiger partial charge in [0.25, 0.3) is 0 Å². The van der Waals surface area contributed by atoms with Crippen molar-refractivity contribution in [3.05, 3.63) is 12.2 Å². The monoisotopic (exact) mass is 220 g/mol. The van der Waals surface area contributed by atoms with Crippen molar-refractivity contribution in [1.29, 1.82) is 0 Å². The molecule has 1 aromatic rings. The van der Waals surface area contributed by atoms with Crippen molar-refractivity contribution < 1.29 is 0 Å². The first-order valence-electron chi connectivity index (χ1n) is 6.40. The molecule has 0 aliphatic heterocycles. The summed E-state index contributed by atoms with van der Waals surface area (Å²) in [6, 6.07) is 0.280. The fraction of sp³-hybridized carbons (Fsp3) is 0.833. The average Bonchev–Trinajstić information content (AvgIpc) is 2.75. The highest BCUT2D eigenvalue weighted by Crippen LogP contribution is 2.55. The molecule has 1 aromatic heterocycles. The lowest BCUT2D eigenvalue weighted by atomic mass is 9.93. The first kappa shape index (κ1) is 10.3. The predicted octanol–water partition coefficient (Wildman–Crippen LogP) is 1.21. The molecule has 2 aliphatic carbocycles. The maximum atomic E-state index is 6.30. The zero-order valence-corrected chi connectivity index (χ0v) is 9.84. The van der Waals surface area contributed by atoms with Crippen molar-refractivity contribution in [2.45, 2.75) is 45.2 Å². The summed E-state index contributed by atoms with van der Waals surface area (Å²) in [5.74, 6) is 3.81. The van der Waals surface area contributed by atoms with Gasteiger partial charge in [-0.1, -0.05) is 0 Å². The minimum Gasteiger partial charge on any atom is -0.327 e. The number of hydrogen-bond donors (Lipinski definition) is 1. The van der Waals surface area contributed by atoms with Gasteiger partial charge in [0.1, 0.15) is 12.2 Å². The van der Waals surface area contributed by atoms with Crippen LogP contribution in [0.15, 0.2) is 6.33 Å². The molecule has 2 aliphatic rings. The van der Waals surface area contributed by atoms with Crippen LogP contribution >= 0.6 is 0 Å². The third-order valence-corrected chi connectivity index (χ3v) is 4.30. The SMILES string of the molecule is CCn1ncnc1CC(N)C1CC2CC2C1. The van der Waals surface area contributed by atoms with Gasteiger partial charge in [0.2, 0.25) is 0 Å². The van der Waals surface area contributed by atoms with Gasteiger partial charge in [-0.2, -0.15) is 5.10 Å². The van der Waals surface area contributed by atoms with Gasteiger partial charge in [-0.15, -0.1) is 0 Å². The minimum atomic E-state index is 0.280. The molecule has 4 heteroatoms. The molecule has 0 saturated heterocycles. The lowest BCUT2D eigenvalue weighted by Gasteiger charge is -2.20. The number of hydrogen-bond acceptors (Lipinski definition) is 3. The van der Waals surface area contributed by atoms with Gasteiger partial charge in [0.15, 0.2) is 0 Å². The van der Waals surface area contributed by atoms with Crippen LogP contribution in [-0.2, 0) is 13.0 Å². The van der Waals surface area contributed by atoms with Crippen molar-refractivity contribution in [1.82, 2.24) is 14.8 Å². The Kier molecular flexibility index (Phi) is 2.46. The summed E-state index contributed by atoms with van der Waals surface area (Å²) in [6.07, 6.45) is 6.70. The fourth-order valence-electron chi connectivity index (χ4n) is 3.20. The number of rotatable bonds is 4. The predicted molar refractivity (Wildman–Crippen MR) is 61.7 cm³/mol. The summed E-state index contributed by atoms with van der Waals surface area (Å²) in [5, 5.41) is 4.19. The van der Waals surface area contributed by atoms with E-state index in [1.165, 1.54) is 19.3 Å². The molecule has 3 rings (SSSR count). The van der Waals surface area contributed by atoms with Gasteiger partial charge >= 0.3 is 0 Å². The molecule has 0 spiro atoms. The quantitative estimate of drug-likeness (QED) is 0.830. The highest BCUT2D eigenvalue weighted by Gasteiger charge is 2.47. The minimum absolute atomic E-state index is 0.280. The van der Waals surface area contributed by atoms with Crippen molar-refractivity contribution in [3.8, 4) is 0 Å². The zero-order chi connectivity index (χ0) is 11.1. The van der Waals surface area contributed by atoms with E-state index in [9.17, 15) is 0 Å². The second-order valence-corrected chi connectivity index (χ2v) is 5.35. The summed E-state index contributed by atoms with van der Waals surface area (Å²) >= 11 is 0. The maximum absolute atomic E-state index is 6.30. The second-order valence-electron chi connectivity index (χ2n) is 5.35. The van der Waals surface area contributed by atoms with E-state index in [1.54, 1.807) is 6.33 Å². The molecule has 3 atom stereocenters. The van der Waals surface area contributed by atoms with E-state index in [2.05, 4.69) is 17.0 Å². The number of fused-ring (bicyclic) bond motifs is 1. The maximum Gasteiger partial charge on any atom is 0.138 e. The molecule has 0 radical (unpaired) electrons. The number of nitrogens with zero attached hydrogens (tertiary/aromatic N) is 3. The van der Waals surface area contributed by atoms with Gasteiger partial charge in [-0.25, -0.2) is 4.98 Å². The third kappa shape index (κ3) is 1.75. The molecule has 4 nitrogen and oxygen atoms in total. The summed E-state index contributed by atoms with van der Waals surface area (Å²) in [5.41, 5.74) is 6.30. The van der Waals surface area contributed by atoms with Crippen LogP contribution in [0.2, 0.25) is 0 Å². The Labute approximate surface area is 96.2 Å². The summed E-state index contributed by atoms with van der Waals surface area (Å²) in [6.45, 7) is 2.98. The largest absolute Gasteiger partial charge is 0.327 e. The normalized spacial score (nSPS) is 33.8. The van der Waals surface area contributed by atoms with E-state index in [0.29, 0.717) is 0 Å². The number of aromatic nitrogens is 3. The zero-order valence-electron chi connectivity index (χ0n) is 9.84. The highest BCUT2D eigenvalue weighted by molar-refractivity contribution is 5.01. The molecule has 0 bridgehead atoms. The molecule has 2 saturated carbocycles. The molecule has 0 amide bonds. The van der Waals surface area contributed by atoms with Crippen LogP contribution in [0.3, 0.4) is 0 Å². The summed E-state index contributed by atoms with van der Waals surface area (Å²) in [4.78, 5) is 4.30. The Morgan fingerprint density at radius 3 is 2.88 bits per heavy atom. The lowest BCUT2D eigenvalue weighted by molar-refractivity contribution is 0.382. The highest BCUT2D eigenvalue weighted by atomic mass is 15.3. The average molecular weight is 220 g/mol. The van der Waals surface area contributed by atoms with Crippen LogP contribution in [-0.4, -0.2) is 20.8 Å². The molecule has 2 fully saturated rings. The van der Waals surface area contributed by atoms with Crippen LogP contribution in [0.5, 0.6) is 0 Å². The molecule has 0 aromatic carbocycles. The van der Waals surface area contributed by atoms with Crippen LogP contribution in [0.1, 0.15) is 32.0 Å². The van der Waals surface area contributed by atoms with E-state index in [0.717, 1.165) is 36.5 Å². The molecular formula is C12H20N4. The fourth-order valence-corrected chi connectivity index (χ4v) is 3.20. The summed E-state index contributed by atoms with van der Waals surface area (Å²) in [7, 11) is 0.